The molecule has 0 aliphatic heterocycles. The van der Waals surface area contributed by atoms with Crippen LogP contribution >= 0.6 is 11.6 Å². The van der Waals surface area contributed by atoms with Crippen LogP contribution < -0.4 is 4.74 Å². The number of benzene rings is 2. The number of carbonyl (C=O) groups is 2. The van der Waals surface area contributed by atoms with Crippen LogP contribution in [0.3, 0.4) is 0 Å². The molecular weight excluding hydrogens is 288 g/mol. The first kappa shape index (κ1) is 15.0. The lowest BCUT2D eigenvalue weighted by Gasteiger charge is -2.05. The Morgan fingerprint density at radius 3 is 2.38 bits per heavy atom. The van der Waals surface area contributed by atoms with Gasteiger partial charge in [0.15, 0.2) is 5.78 Å². The molecule has 0 atom stereocenters. The quantitative estimate of drug-likeness (QED) is 0.368. The zero-order valence-electron chi connectivity index (χ0n) is 11.4. The summed E-state index contributed by atoms with van der Waals surface area (Å²) in [5, 5.41) is 0.638. The minimum absolute atomic E-state index is 0.234. The van der Waals surface area contributed by atoms with Crippen molar-refractivity contribution in [1.29, 1.82) is 0 Å². The van der Waals surface area contributed by atoms with Gasteiger partial charge in [0.25, 0.3) is 0 Å². The van der Waals surface area contributed by atoms with E-state index >= 15 is 0 Å². The fourth-order valence-electron chi connectivity index (χ4n) is 1.75. The zero-order chi connectivity index (χ0) is 15.2. The van der Waals surface area contributed by atoms with E-state index in [1.54, 1.807) is 42.5 Å². The molecule has 2 aromatic carbocycles. The Kier molecular flexibility index (Phi) is 4.90. The molecule has 0 radical (unpaired) electrons. The highest BCUT2D eigenvalue weighted by atomic mass is 35.5. The van der Waals surface area contributed by atoms with E-state index in [0.29, 0.717) is 10.6 Å². The maximum atomic E-state index is 12.2. The van der Waals surface area contributed by atoms with Gasteiger partial charge in [-0.25, -0.2) is 0 Å². The molecule has 0 aromatic heterocycles. The van der Waals surface area contributed by atoms with Gasteiger partial charge in [0.1, 0.15) is 5.75 Å². The Morgan fingerprint density at radius 2 is 1.71 bits per heavy atom. The first-order valence-corrected chi connectivity index (χ1v) is 6.69. The lowest BCUT2D eigenvalue weighted by atomic mass is 10.1. The summed E-state index contributed by atoms with van der Waals surface area (Å²) in [5.41, 5.74) is 1.20. The van der Waals surface area contributed by atoms with E-state index in [0.717, 1.165) is 5.56 Å². The van der Waals surface area contributed by atoms with Crippen LogP contribution in [0.25, 0.3) is 6.08 Å². The van der Waals surface area contributed by atoms with Crippen molar-refractivity contribution in [2.24, 2.45) is 0 Å². The van der Waals surface area contributed by atoms with Crippen molar-refractivity contribution in [2.75, 3.05) is 0 Å². The smallest absolute Gasteiger partial charge is 0.308 e. The Hall–Kier alpha value is -2.39. The van der Waals surface area contributed by atoms with Crippen molar-refractivity contribution in [1.82, 2.24) is 0 Å². The molecule has 0 fully saturated rings. The van der Waals surface area contributed by atoms with Gasteiger partial charge in [0.2, 0.25) is 0 Å². The second-order valence-electron chi connectivity index (χ2n) is 4.34. The fourth-order valence-corrected chi connectivity index (χ4v) is 1.88. The molecular formula is C17H13ClO3. The molecule has 106 valence electrons. The number of allylic oxidation sites excluding steroid dienone is 1. The maximum absolute atomic E-state index is 12.2. The summed E-state index contributed by atoms with van der Waals surface area (Å²) in [6.45, 7) is 1.30. The number of esters is 1. The standard InChI is InChI=1S/C17H13ClO3/c1-12(19)21-17-5-3-2-4-15(17)16(20)11-8-13-6-9-14(18)10-7-13/h2-11H,1H3/b11-8-. The van der Waals surface area contributed by atoms with Gasteiger partial charge in [-0.1, -0.05) is 41.9 Å². The van der Waals surface area contributed by atoms with Crippen LogP contribution in [0.1, 0.15) is 22.8 Å². The minimum atomic E-state index is -0.461. The molecule has 0 heterocycles. The van der Waals surface area contributed by atoms with Crippen LogP contribution in [0.4, 0.5) is 0 Å². The van der Waals surface area contributed by atoms with E-state index in [9.17, 15) is 9.59 Å². The third kappa shape index (κ3) is 4.29. The van der Waals surface area contributed by atoms with E-state index in [1.165, 1.54) is 13.0 Å². The first-order valence-electron chi connectivity index (χ1n) is 6.31. The van der Waals surface area contributed by atoms with E-state index in [1.807, 2.05) is 12.1 Å². The van der Waals surface area contributed by atoms with Gasteiger partial charge in [0.05, 0.1) is 5.56 Å². The molecule has 2 rings (SSSR count). The molecule has 0 saturated carbocycles. The molecule has 3 nitrogen and oxygen atoms in total. The van der Waals surface area contributed by atoms with Crippen LogP contribution in [0.5, 0.6) is 5.75 Å². The highest BCUT2D eigenvalue weighted by Crippen LogP contribution is 2.20. The topological polar surface area (TPSA) is 43.4 Å². The van der Waals surface area contributed by atoms with Gasteiger partial charge in [-0.05, 0) is 35.9 Å². The second-order valence-corrected chi connectivity index (χ2v) is 4.78. The maximum Gasteiger partial charge on any atom is 0.308 e. The van der Waals surface area contributed by atoms with E-state index < -0.39 is 5.97 Å². The molecule has 0 unspecified atom stereocenters. The predicted octanol–water partition coefficient (Wildman–Crippen LogP) is 4.16. The average molecular weight is 301 g/mol. The molecule has 0 aliphatic carbocycles. The summed E-state index contributed by atoms with van der Waals surface area (Å²) in [7, 11) is 0. The summed E-state index contributed by atoms with van der Waals surface area (Å²) >= 11 is 5.80. The Morgan fingerprint density at radius 1 is 1.05 bits per heavy atom. The number of ether oxygens (including phenoxy) is 1. The van der Waals surface area contributed by atoms with Crippen LogP contribution in [-0.2, 0) is 4.79 Å². The van der Waals surface area contributed by atoms with Gasteiger partial charge >= 0.3 is 5.97 Å². The van der Waals surface area contributed by atoms with Crippen molar-refractivity contribution >= 4 is 29.4 Å². The Balaban J connectivity index is 2.20. The van der Waals surface area contributed by atoms with Crippen molar-refractivity contribution in [3.05, 3.63) is 70.8 Å². The lowest BCUT2D eigenvalue weighted by Crippen LogP contribution is -2.06. The molecule has 4 heteroatoms. The summed E-state index contributed by atoms with van der Waals surface area (Å²) in [6.07, 6.45) is 3.12. The van der Waals surface area contributed by atoms with Crippen molar-refractivity contribution in [3.8, 4) is 5.75 Å². The zero-order valence-corrected chi connectivity index (χ0v) is 12.1. The summed E-state index contributed by atoms with van der Waals surface area (Å²) in [6, 6.07) is 13.7. The SMILES string of the molecule is CC(=O)Oc1ccccc1C(=O)/C=C\c1ccc(Cl)cc1. The van der Waals surface area contributed by atoms with Crippen LogP contribution in [0.2, 0.25) is 5.02 Å². The van der Waals surface area contributed by atoms with Gasteiger partial charge in [-0.3, -0.25) is 9.59 Å². The number of para-hydroxylation sites is 1. The van der Waals surface area contributed by atoms with E-state index in [-0.39, 0.29) is 11.5 Å². The average Bonchev–Trinajstić information content (AvgIpc) is 2.46. The first-order chi connectivity index (χ1) is 10.1. The number of ketones is 1. The van der Waals surface area contributed by atoms with Crippen molar-refractivity contribution < 1.29 is 14.3 Å². The minimum Gasteiger partial charge on any atom is -0.426 e. The number of rotatable bonds is 4. The van der Waals surface area contributed by atoms with E-state index in [2.05, 4.69) is 0 Å². The summed E-state index contributed by atoms with van der Waals surface area (Å²) < 4.78 is 5.02. The highest BCUT2D eigenvalue weighted by molar-refractivity contribution is 6.30. The van der Waals surface area contributed by atoms with Gasteiger partial charge in [-0.15, -0.1) is 0 Å². The molecule has 0 bridgehead atoms. The molecule has 0 saturated heterocycles. The predicted molar refractivity (Wildman–Crippen MR) is 82.6 cm³/mol. The Labute approximate surface area is 127 Å². The van der Waals surface area contributed by atoms with Crippen molar-refractivity contribution in [2.45, 2.75) is 6.92 Å². The molecule has 0 N–H and O–H groups in total. The summed E-state index contributed by atoms with van der Waals surface area (Å²) in [4.78, 5) is 23.2. The van der Waals surface area contributed by atoms with Gasteiger partial charge in [0, 0.05) is 11.9 Å². The third-order valence-corrected chi connectivity index (χ3v) is 2.96. The largest absolute Gasteiger partial charge is 0.426 e. The summed E-state index contributed by atoms with van der Waals surface area (Å²) in [5.74, 6) is -0.436. The second kappa shape index (κ2) is 6.86. The van der Waals surface area contributed by atoms with Crippen LogP contribution in [0, 0.1) is 0 Å². The number of hydrogen-bond acceptors (Lipinski definition) is 3. The van der Waals surface area contributed by atoms with Crippen LogP contribution in [-0.4, -0.2) is 11.8 Å². The van der Waals surface area contributed by atoms with Crippen molar-refractivity contribution in [3.63, 3.8) is 0 Å². The van der Waals surface area contributed by atoms with Gasteiger partial charge in [-0.2, -0.15) is 0 Å². The molecule has 0 spiro atoms. The van der Waals surface area contributed by atoms with Gasteiger partial charge < -0.3 is 4.74 Å². The normalized spacial score (nSPS) is 10.6. The number of halogens is 1. The molecule has 0 aliphatic rings. The monoisotopic (exact) mass is 300 g/mol. The lowest BCUT2D eigenvalue weighted by molar-refractivity contribution is -0.131. The number of carbonyl (C=O) groups excluding carboxylic acids is 2. The van der Waals surface area contributed by atoms with E-state index in [4.69, 9.17) is 16.3 Å². The number of hydrogen-bond donors (Lipinski definition) is 0. The van der Waals surface area contributed by atoms with Crippen LogP contribution in [0.15, 0.2) is 54.6 Å². The fraction of sp³-hybridized carbons (Fsp3) is 0.0588. The third-order valence-electron chi connectivity index (χ3n) is 2.70. The molecule has 21 heavy (non-hydrogen) atoms. The molecule has 2 aromatic rings. The molecule has 0 amide bonds. The Bertz CT molecular complexity index is 687. The highest BCUT2D eigenvalue weighted by Gasteiger charge is 2.10.